The molecule has 4 heteroatoms. The van der Waals surface area contributed by atoms with Crippen LogP contribution in [-0.2, 0) is 0 Å². The number of aromatic carboxylic acids is 1. The molecule has 0 amide bonds. The first kappa shape index (κ1) is 11.9. The van der Waals surface area contributed by atoms with Crippen molar-refractivity contribution in [2.75, 3.05) is 0 Å². The van der Waals surface area contributed by atoms with E-state index in [1.54, 1.807) is 12.1 Å². The van der Waals surface area contributed by atoms with Gasteiger partial charge in [-0.05, 0) is 65.1 Å². The summed E-state index contributed by atoms with van der Waals surface area (Å²) < 4.78 is 6.68. The van der Waals surface area contributed by atoms with E-state index in [0.29, 0.717) is 5.75 Å². The third-order valence-corrected chi connectivity index (χ3v) is 2.80. The summed E-state index contributed by atoms with van der Waals surface area (Å²) in [5.74, 6) is 0.419. The lowest BCUT2D eigenvalue weighted by atomic mass is 10.2. The van der Waals surface area contributed by atoms with Crippen LogP contribution in [0.4, 0.5) is 0 Å². The van der Waals surface area contributed by atoms with Crippen molar-refractivity contribution in [2.45, 2.75) is 0 Å². The fraction of sp³-hybridized carbons (Fsp3) is 0. The molecule has 86 valence electrons. The molecule has 0 saturated heterocycles. The molecule has 0 radical (unpaired) electrons. The van der Waals surface area contributed by atoms with Gasteiger partial charge in [-0.1, -0.05) is 6.07 Å². The molecule has 2 rings (SSSR count). The van der Waals surface area contributed by atoms with Crippen molar-refractivity contribution in [3.8, 4) is 11.5 Å². The number of hydrogen-bond donors (Lipinski definition) is 1. The topological polar surface area (TPSA) is 46.5 Å². The van der Waals surface area contributed by atoms with E-state index < -0.39 is 5.97 Å². The molecule has 0 heterocycles. The first-order chi connectivity index (χ1) is 8.15. The molecule has 0 fully saturated rings. The van der Waals surface area contributed by atoms with Gasteiger partial charge in [0.25, 0.3) is 0 Å². The minimum absolute atomic E-state index is 0.250. The van der Waals surface area contributed by atoms with E-state index in [1.165, 1.54) is 12.1 Å². The van der Waals surface area contributed by atoms with E-state index in [4.69, 9.17) is 9.84 Å². The molecule has 3 nitrogen and oxygen atoms in total. The number of carboxylic acid groups (broad SMARTS) is 1. The minimum atomic E-state index is -0.939. The Labute approximate surface area is 112 Å². The zero-order chi connectivity index (χ0) is 12.3. The van der Waals surface area contributed by atoms with E-state index in [9.17, 15) is 4.79 Å². The minimum Gasteiger partial charge on any atom is -0.478 e. The summed E-state index contributed by atoms with van der Waals surface area (Å²) in [4.78, 5) is 10.7. The summed E-state index contributed by atoms with van der Waals surface area (Å²) >= 11 is 2.20. The van der Waals surface area contributed by atoms with Crippen molar-refractivity contribution < 1.29 is 14.6 Å². The van der Waals surface area contributed by atoms with Crippen LogP contribution >= 0.6 is 22.6 Å². The summed E-state index contributed by atoms with van der Waals surface area (Å²) in [5.41, 5.74) is 0.250. The Kier molecular flexibility index (Phi) is 3.63. The zero-order valence-corrected chi connectivity index (χ0v) is 10.9. The second kappa shape index (κ2) is 5.18. The summed E-state index contributed by atoms with van der Waals surface area (Å²) in [6.07, 6.45) is 0. The maximum absolute atomic E-state index is 10.7. The van der Waals surface area contributed by atoms with Crippen LogP contribution in [0.25, 0.3) is 0 Å². The second-order valence-electron chi connectivity index (χ2n) is 3.39. The van der Waals surface area contributed by atoms with Gasteiger partial charge in [0.15, 0.2) is 0 Å². The summed E-state index contributed by atoms with van der Waals surface area (Å²) in [6, 6.07) is 14.0. The van der Waals surface area contributed by atoms with Crippen molar-refractivity contribution in [1.82, 2.24) is 0 Å². The monoisotopic (exact) mass is 340 g/mol. The maximum atomic E-state index is 10.7. The molecule has 2 aromatic carbocycles. The van der Waals surface area contributed by atoms with Crippen LogP contribution in [-0.4, -0.2) is 11.1 Å². The van der Waals surface area contributed by atoms with Crippen molar-refractivity contribution >= 4 is 28.6 Å². The van der Waals surface area contributed by atoms with Crippen LogP contribution in [0, 0.1) is 3.57 Å². The number of carbonyl (C=O) groups is 1. The number of hydrogen-bond acceptors (Lipinski definition) is 2. The molecule has 0 aromatic heterocycles. The van der Waals surface area contributed by atoms with Crippen molar-refractivity contribution in [2.24, 2.45) is 0 Å². The standard InChI is InChI=1S/C13H9IO3/c14-10-2-1-3-12(8-10)17-11-6-4-9(5-7-11)13(15)16/h1-8H,(H,15,16). The third kappa shape index (κ3) is 3.20. The number of ether oxygens (including phenoxy) is 1. The lowest BCUT2D eigenvalue weighted by Gasteiger charge is -2.05. The Morgan fingerprint density at radius 2 is 1.76 bits per heavy atom. The van der Waals surface area contributed by atoms with Gasteiger partial charge in [-0.25, -0.2) is 4.79 Å². The van der Waals surface area contributed by atoms with Gasteiger partial charge in [0, 0.05) is 3.57 Å². The quantitative estimate of drug-likeness (QED) is 0.865. The zero-order valence-electron chi connectivity index (χ0n) is 8.76. The fourth-order valence-corrected chi connectivity index (χ4v) is 1.85. The molecule has 0 spiro atoms. The van der Waals surface area contributed by atoms with Crippen LogP contribution in [0.5, 0.6) is 11.5 Å². The number of rotatable bonds is 3. The van der Waals surface area contributed by atoms with Crippen LogP contribution in [0.3, 0.4) is 0 Å². The normalized spacial score (nSPS) is 9.94. The SMILES string of the molecule is O=C(O)c1ccc(Oc2cccc(I)c2)cc1. The first-order valence-corrected chi connectivity index (χ1v) is 6.00. The molecule has 0 aliphatic rings. The first-order valence-electron chi connectivity index (χ1n) is 4.92. The molecule has 0 atom stereocenters. The maximum Gasteiger partial charge on any atom is 0.335 e. The highest BCUT2D eigenvalue weighted by Gasteiger charge is 2.03. The molecule has 17 heavy (non-hydrogen) atoms. The van der Waals surface area contributed by atoms with E-state index in [2.05, 4.69) is 22.6 Å². The summed E-state index contributed by atoms with van der Waals surface area (Å²) in [7, 11) is 0. The van der Waals surface area contributed by atoms with Crippen LogP contribution in [0.1, 0.15) is 10.4 Å². The molecule has 0 aliphatic carbocycles. The molecule has 2 aromatic rings. The third-order valence-electron chi connectivity index (χ3n) is 2.13. The Morgan fingerprint density at radius 1 is 1.06 bits per heavy atom. The van der Waals surface area contributed by atoms with Crippen LogP contribution < -0.4 is 4.74 Å². The van der Waals surface area contributed by atoms with Crippen molar-refractivity contribution in [3.63, 3.8) is 0 Å². The fourth-order valence-electron chi connectivity index (χ4n) is 1.33. The average molecular weight is 340 g/mol. The van der Waals surface area contributed by atoms with Gasteiger partial charge in [0.2, 0.25) is 0 Å². The van der Waals surface area contributed by atoms with Crippen molar-refractivity contribution in [1.29, 1.82) is 0 Å². The smallest absolute Gasteiger partial charge is 0.335 e. The molecular formula is C13H9IO3. The number of halogens is 1. The molecule has 1 N–H and O–H groups in total. The largest absolute Gasteiger partial charge is 0.478 e. The molecule has 0 unspecified atom stereocenters. The molecule has 0 bridgehead atoms. The van der Waals surface area contributed by atoms with Gasteiger partial charge < -0.3 is 9.84 Å². The molecule has 0 aliphatic heterocycles. The highest BCUT2D eigenvalue weighted by Crippen LogP contribution is 2.23. The van der Waals surface area contributed by atoms with Gasteiger partial charge in [-0.3, -0.25) is 0 Å². The predicted octanol–water partition coefficient (Wildman–Crippen LogP) is 3.78. The van der Waals surface area contributed by atoms with Gasteiger partial charge in [-0.15, -0.1) is 0 Å². The van der Waals surface area contributed by atoms with Crippen molar-refractivity contribution in [3.05, 3.63) is 57.7 Å². The van der Waals surface area contributed by atoms with E-state index in [-0.39, 0.29) is 5.56 Å². The summed E-state index contributed by atoms with van der Waals surface area (Å²) in [5, 5.41) is 8.76. The highest BCUT2D eigenvalue weighted by molar-refractivity contribution is 14.1. The van der Waals surface area contributed by atoms with Gasteiger partial charge >= 0.3 is 5.97 Å². The van der Waals surface area contributed by atoms with E-state index >= 15 is 0 Å². The lowest BCUT2D eigenvalue weighted by Crippen LogP contribution is -1.95. The molecular weight excluding hydrogens is 331 g/mol. The van der Waals surface area contributed by atoms with Gasteiger partial charge in [0.05, 0.1) is 5.56 Å². The Morgan fingerprint density at radius 3 is 2.35 bits per heavy atom. The summed E-state index contributed by atoms with van der Waals surface area (Å²) in [6.45, 7) is 0. The lowest BCUT2D eigenvalue weighted by molar-refractivity contribution is 0.0697. The van der Waals surface area contributed by atoms with Crippen LogP contribution in [0.15, 0.2) is 48.5 Å². The van der Waals surface area contributed by atoms with E-state index in [1.807, 2.05) is 24.3 Å². The number of benzene rings is 2. The van der Waals surface area contributed by atoms with E-state index in [0.717, 1.165) is 9.32 Å². The Hall–Kier alpha value is -1.56. The van der Waals surface area contributed by atoms with Gasteiger partial charge in [0.1, 0.15) is 11.5 Å². The average Bonchev–Trinajstić information content (AvgIpc) is 2.29. The molecule has 0 saturated carbocycles. The number of carboxylic acids is 1. The second-order valence-corrected chi connectivity index (χ2v) is 4.63. The Bertz CT molecular complexity index is 535. The predicted molar refractivity (Wildman–Crippen MR) is 72.6 cm³/mol. The highest BCUT2D eigenvalue weighted by atomic mass is 127. The Balaban J connectivity index is 2.16. The van der Waals surface area contributed by atoms with Gasteiger partial charge in [-0.2, -0.15) is 0 Å². The van der Waals surface area contributed by atoms with Crippen LogP contribution in [0.2, 0.25) is 0 Å².